The molecule has 5 rings (SSSR count). The fraction of sp³-hybridized carbons (Fsp3) is 0.304. The highest BCUT2D eigenvalue weighted by Gasteiger charge is 2.24. The highest BCUT2D eigenvalue weighted by Crippen LogP contribution is 2.34. The van der Waals surface area contributed by atoms with E-state index in [1.165, 1.54) is 28.2 Å². The molecule has 0 aliphatic carbocycles. The zero-order valence-corrected chi connectivity index (χ0v) is 19.5. The average Bonchev–Trinajstić information content (AvgIpc) is 3.45. The first-order valence-electron chi connectivity index (χ1n) is 10.4. The number of ether oxygens (including phenoxy) is 1. The molecule has 1 aliphatic heterocycles. The molecule has 9 heteroatoms. The summed E-state index contributed by atoms with van der Waals surface area (Å²) < 4.78 is 6.15. The number of para-hydroxylation sites is 1. The monoisotopic (exact) mass is 465 g/mol. The number of thiazole rings is 1. The molecule has 4 heterocycles. The molecule has 0 bridgehead atoms. The highest BCUT2D eigenvalue weighted by molar-refractivity contribution is 7.20. The summed E-state index contributed by atoms with van der Waals surface area (Å²) in [4.78, 5) is 29.5. The van der Waals surface area contributed by atoms with Gasteiger partial charge in [-0.15, -0.1) is 22.7 Å². The largest absolute Gasteiger partial charge is 0.488 e. The molecule has 0 spiro atoms. The van der Waals surface area contributed by atoms with E-state index in [2.05, 4.69) is 26.3 Å². The van der Waals surface area contributed by atoms with Crippen molar-refractivity contribution in [2.75, 3.05) is 18.9 Å². The number of nitrogens with zero attached hydrogens (tertiary/aromatic N) is 4. The van der Waals surface area contributed by atoms with Crippen molar-refractivity contribution in [2.24, 2.45) is 0 Å². The summed E-state index contributed by atoms with van der Waals surface area (Å²) in [6.07, 6.45) is 3.57. The molecule has 4 aromatic rings. The Balaban J connectivity index is 1.33. The van der Waals surface area contributed by atoms with Crippen molar-refractivity contribution in [2.45, 2.75) is 32.4 Å². The Labute approximate surface area is 194 Å². The summed E-state index contributed by atoms with van der Waals surface area (Å²) in [5.74, 6) is 1.67. The van der Waals surface area contributed by atoms with E-state index >= 15 is 0 Å². The van der Waals surface area contributed by atoms with E-state index < -0.39 is 0 Å². The van der Waals surface area contributed by atoms with Gasteiger partial charge in [0.25, 0.3) is 5.91 Å². The third kappa shape index (κ3) is 4.05. The van der Waals surface area contributed by atoms with Gasteiger partial charge < -0.3 is 15.0 Å². The number of carbonyl (C=O) groups is 1. The Hall–Kier alpha value is -3.04. The average molecular weight is 466 g/mol. The standard InChI is InChI=1S/C23H23N5O2S2/c1-14-19-21(24-9-17-8-7-15-5-3-4-6-18(15)30-17)25-12-26-22(19)32-20(14)23(29)28(2)10-16-11-31-13-27-16/h3-6,11-13,17H,7-10H2,1-2H3,(H,24,25,26)/t17-/m1/s1. The summed E-state index contributed by atoms with van der Waals surface area (Å²) in [5.41, 5.74) is 4.83. The van der Waals surface area contributed by atoms with Gasteiger partial charge in [0.2, 0.25) is 0 Å². The molecular weight excluding hydrogens is 442 g/mol. The lowest BCUT2D eigenvalue weighted by Crippen LogP contribution is -2.30. The Morgan fingerprint density at radius 1 is 1.28 bits per heavy atom. The van der Waals surface area contributed by atoms with Crippen LogP contribution in [0.4, 0.5) is 5.82 Å². The molecule has 7 nitrogen and oxygen atoms in total. The highest BCUT2D eigenvalue weighted by atomic mass is 32.1. The second-order valence-corrected chi connectivity index (χ2v) is 9.58. The second-order valence-electron chi connectivity index (χ2n) is 7.87. The van der Waals surface area contributed by atoms with Crippen LogP contribution >= 0.6 is 22.7 Å². The summed E-state index contributed by atoms with van der Waals surface area (Å²) >= 11 is 2.94. The van der Waals surface area contributed by atoms with E-state index in [9.17, 15) is 4.79 Å². The molecule has 3 aromatic heterocycles. The summed E-state index contributed by atoms with van der Waals surface area (Å²) in [6.45, 7) is 3.08. The number of hydrogen-bond donors (Lipinski definition) is 1. The zero-order valence-electron chi connectivity index (χ0n) is 17.9. The number of thiophene rings is 1. The fourth-order valence-electron chi connectivity index (χ4n) is 3.95. The minimum Gasteiger partial charge on any atom is -0.488 e. The molecule has 0 saturated heterocycles. The zero-order chi connectivity index (χ0) is 22.1. The fourth-order valence-corrected chi connectivity index (χ4v) is 5.64. The first kappa shape index (κ1) is 20.8. The third-order valence-corrected chi connectivity index (χ3v) is 7.47. The van der Waals surface area contributed by atoms with Crippen LogP contribution in [-0.4, -0.2) is 45.5 Å². The lowest BCUT2D eigenvalue weighted by Gasteiger charge is -2.26. The van der Waals surface area contributed by atoms with Crippen molar-refractivity contribution in [1.29, 1.82) is 0 Å². The van der Waals surface area contributed by atoms with Gasteiger partial charge in [-0.3, -0.25) is 4.79 Å². The lowest BCUT2D eigenvalue weighted by molar-refractivity contribution is 0.0788. The number of aromatic nitrogens is 3. The van der Waals surface area contributed by atoms with Crippen LogP contribution in [0.1, 0.15) is 32.9 Å². The van der Waals surface area contributed by atoms with Crippen molar-refractivity contribution in [1.82, 2.24) is 19.9 Å². The maximum absolute atomic E-state index is 13.1. The Morgan fingerprint density at radius 2 is 2.16 bits per heavy atom. The second kappa shape index (κ2) is 8.84. The van der Waals surface area contributed by atoms with E-state index in [0.717, 1.165) is 45.9 Å². The molecular formula is C23H23N5O2S2. The smallest absolute Gasteiger partial charge is 0.264 e. The molecule has 0 radical (unpaired) electrons. The van der Waals surface area contributed by atoms with Crippen molar-refractivity contribution in [3.05, 3.63) is 63.2 Å². The van der Waals surface area contributed by atoms with Crippen LogP contribution in [0.5, 0.6) is 5.75 Å². The van der Waals surface area contributed by atoms with Gasteiger partial charge in [0.15, 0.2) is 0 Å². The maximum Gasteiger partial charge on any atom is 0.264 e. The molecule has 32 heavy (non-hydrogen) atoms. The SMILES string of the molecule is Cc1c(C(=O)N(C)Cc2cscn2)sc2ncnc(NC[C@H]3CCc4ccccc4O3)c12. The van der Waals surface area contributed by atoms with E-state index in [-0.39, 0.29) is 12.0 Å². The minimum atomic E-state index is -0.0309. The number of fused-ring (bicyclic) bond motifs is 2. The predicted octanol–water partition coefficient (Wildman–Crippen LogP) is 4.53. The summed E-state index contributed by atoms with van der Waals surface area (Å²) in [7, 11) is 1.80. The van der Waals surface area contributed by atoms with Gasteiger partial charge in [-0.05, 0) is 37.0 Å². The number of aryl methyl sites for hydroxylation is 2. The molecule has 1 amide bonds. The summed E-state index contributed by atoms with van der Waals surface area (Å²) in [6, 6.07) is 8.19. The predicted molar refractivity (Wildman–Crippen MR) is 128 cm³/mol. The van der Waals surface area contributed by atoms with Gasteiger partial charge in [0.1, 0.15) is 28.8 Å². The maximum atomic E-state index is 13.1. The Bertz CT molecular complexity index is 1250. The van der Waals surface area contributed by atoms with Crippen molar-refractivity contribution in [3.8, 4) is 5.75 Å². The molecule has 0 saturated carbocycles. The first-order valence-corrected chi connectivity index (χ1v) is 12.2. The first-order chi connectivity index (χ1) is 15.6. The van der Waals surface area contributed by atoms with Crippen molar-refractivity contribution >= 4 is 44.6 Å². The topological polar surface area (TPSA) is 80.2 Å². The number of amides is 1. The van der Waals surface area contributed by atoms with E-state index in [1.54, 1.807) is 23.8 Å². The number of carbonyl (C=O) groups excluding carboxylic acids is 1. The van der Waals surface area contributed by atoms with Crippen LogP contribution in [0.25, 0.3) is 10.2 Å². The number of nitrogens with one attached hydrogen (secondary N) is 1. The van der Waals surface area contributed by atoms with Crippen LogP contribution in [0.3, 0.4) is 0 Å². The molecule has 1 aromatic carbocycles. The van der Waals surface area contributed by atoms with Gasteiger partial charge in [-0.2, -0.15) is 0 Å². The number of anilines is 1. The number of rotatable bonds is 6. The molecule has 1 N–H and O–H groups in total. The number of hydrogen-bond acceptors (Lipinski definition) is 8. The Kier molecular flexibility index (Phi) is 5.75. The molecule has 0 fully saturated rings. The van der Waals surface area contributed by atoms with Gasteiger partial charge in [0, 0.05) is 12.4 Å². The third-order valence-electron chi connectivity index (χ3n) is 5.65. The Morgan fingerprint density at radius 3 is 3.00 bits per heavy atom. The van der Waals surface area contributed by atoms with Crippen LogP contribution in [0.15, 0.2) is 41.5 Å². The molecule has 1 aliphatic rings. The van der Waals surface area contributed by atoms with Gasteiger partial charge >= 0.3 is 0 Å². The number of benzene rings is 1. The van der Waals surface area contributed by atoms with Crippen LogP contribution < -0.4 is 10.1 Å². The van der Waals surface area contributed by atoms with E-state index in [0.29, 0.717) is 18.0 Å². The summed E-state index contributed by atoms with van der Waals surface area (Å²) in [5, 5.41) is 6.30. The van der Waals surface area contributed by atoms with Crippen LogP contribution in [0.2, 0.25) is 0 Å². The van der Waals surface area contributed by atoms with E-state index in [4.69, 9.17) is 4.74 Å². The lowest BCUT2D eigenvalue weighted by atomic mass is 10.0. The normalized spacial score (nSPS) is 15.2. The van der Waals surface area contributed by atoms with Crippen molar-refractivity contribution < 1.29 is 9.53 Å². The van der Waals surface area contributed by atoms with Crippen molar-refractivity contribution in [3.63, 3.8) is 0 Å². The van der Waals surface area contributed by atoms with E-state index in [1.807, 2.05) is 30.5 Å². The van der Waals surface area contributed by atoms with Gasteiger partial charge in [0.05, 0.1) is 34.6 Å². The van der Waals surface area contributed by atoms with Gasteiger partial charge in [-0.25, -0.2) is 15.0 Å². The quantitative estimate of drug-likeness (QED) is 0.451. The molecule has 164 valence electrons. The minimum absolute atomic E-state index is 0.0309. The van der Waals surface area contributed by atoms with Crippen LogP contribution in [0, 0.1) is 6.92 Å². The van der Waals surface area contributed by atoms with Crippen LogP contribution in [-0.2, 0) is 13.0 Å². The molecule has 1 atom stereocenters. The molecule has 0 unspecified atom stereocenters. The van der Waals surface area contributed by atoms with Gasteiger partial charge in [-0.1, -0.05) is 18.2 Å².